The molecule has 23 heavy (non-hydrogen) atoms. The number of likely N-dealkylation sites (N-methyl/N-ethyl adjacent to an activating group) is 1. The number of benzene rings is 1. The van der Waals surface area contributed by atoms with E-state index in [2.05, 4.69) is 0 Å². The van der Waals surface area contributed by atoms with E-state index in [0.29, 0.717) is 37.6 Å². The fraction of sp³-hybridized carbons (Fsp3) is 0.556. The fourth-order valence-corrected chi connectivity index (χ4v) is 3.76. The van der Waals surface area contributed by atoms with Crippen LogP contribution in [0.3, 0.4) is 0 Å². The molecular weight excluding hydrogens is 312 g/mol. The average Bonchev–Trinajstić information content (AvgIpc) is 2.69. The molecule has 1 saturated carbocycles. The molecular formula is C18H23ClN2O2. The van der Waals surface area contributed by atoms with Gasteiger partial charge in [0.25, 0.3) is 0 Å². The van der Waals surface area contributed by atoms with Gasteiger partial charge in [-0.25, -0.2) is 0 Å². The molecule has 2 fully saturated rings. The fourth-order valence-electron chi connectivity index (χ4n) is 3.63. The van der Waals surface area contributed by atoms with Crippen molar-refractivity contribution in [2.75, 3.05) is 26.2 Å². The van der Waals surface area contributed by atoms with Crippen molar-refractivity contribution in [1.29, 1.82) is 0 Å². The van der Waals surface area contributed by atoms with E-state index in [-0.39, 0.29) is 11.8 Å². The molecule has 3 rings (SSSR count). The first-order chi connectivity index (χ1) is 11.1. The number of hydrogen-bond acceptors (Lipinski definition) is 2. The Labute approximate surface area is 142 Å². The van der Waals surface area contributed by atoms with Crippen molar-refractivity contribution in [3.63, 3.8) is 0 Å². The van der Waals surface area contributed by atoms with E-state index in [1.165, 1.54) is 0 Å². The first-order valence-corrected chi connectivity index (χ1v) is 8.78. The monoisotopic (exact) mass is 334 g/mol. The van der Waals surface area contributed by atoms with Crippen LogP contribution >= 0.6 is 11.6 Å². The number of carbonyl (C=O) groups is 2. The van der Waals surface area contributed by atoms with Crippen molar-refractivity contribution in [3.05, 3.63) is 34.9 Å². The highest BCUT2D eigenvalue weighted by Gasteiger charge is 2.47. The SMILES string of the molecule is CCN1CCN(C(=O)C2(c3ccc(Cl)cc3)CCC2)CCC1=O. The summed E-state index contributed by atoms with van der Waals surface area (Å²) in [6, 6.07) is 7.66. The molecule has 0 spiro atoms. The first kappa shape index (κ1) is 16.3. The molecule has 1 aromatic carbocycles. The van der Waals surface area contributed by atoms with Crippen LogP contribution in [0.5, 0.6) is 0 Å². The number of amides is 2. The Balaban J connectivity index is 1.80. The van der Waals surface area contributed by atoms with Gasteiger partial charge < -0.3 is 9.80 Å². The zero-order valence-corrected chi connectivity index (χ0v) is 14.3. The van der Waals surface area contributed by atoms with Crippen LogP contribution in [0.15, 0.2) is 24.3 Å². The maximum absolute atomic E-state index is 13.2. The second kappa shape index (κ2) is 6.52. The van der Waals surface area contributed by atoms with Crippen LogP contribution < -0.4 is 0 Å². The molecule has 1 aliphatic heterocycles. The van der Waals surface area contributed by atoms with E-state index in [4.69, 9.17) is 11.6 Å². The molecule has 0 unspecified atom stereocenters. The van der Waals surface area contributed by atoms with Gasteiger partial charge in [0, 0.05) is 37.6 Å². The van der Waals surface area contributed by atoms with Gasteiger partial charge in [-0.3, -0.25) is 9.59 Å². The molecule has 2 amide bonds. The summed E-state index contributed by atoms with van der Waals surface area (Å²) >= 11 is 5.98. The number of rotatable bonds is 3. The summed E-state index contributed by atoms with van der Waals surface area (Å²) in [6.45, 7) is 4.49. The quantitative estimate of drug-likeness (QED) is 0.852. The Bertz CT molecular complexity index is 596. The minimum absolute atomic E-state index is 0.150. The number of halogens is 1. The molecule has 0 aromatic heterocycles. The summed E-state index contributed by atoms with van der Waals surface area (Å²) in [4.78, 5) is 29.0. The van der Waals surface area contributed by atoms with Gasteiger partial charge in [-0.05, 0) is 37.5 Å². The zero-order chi connectivity index (χ0) is 16.4. The Morgan fingerprint density at radius 3 is 2.43 bits per heavy atom. The van der Waals surface area contributed by atoms with Crippen LogP contribution in [0.25, 0.3) is 0 Å². The van der Waals surface area contributed by atoms with Crippen molar-refractivity contribution in [2.24, 2.45) is 0 Å². The van der Waals surface area contributed by atoms with Crippen molar-refractivity contribution in [1.82, 2.24) is 9.80 Å². The average molecular weight is 335 g/mol. The normalized spacial score (nSPS) is 20.9. The van der Waals surface area contributed by atoms with Gasteiger partial charge in [0.15, 0.2) is 0 Å². The van der Waals surface area contributed by atoms with Crippen LogP contribution in [-0.4, -0.2) is 47.8 Å². The van der Waals surface area contributed by atoms with Crippen LogP contribution in [-0.2, 0) is 15.0 Å². The predicted molar refractivity (Wildman–Crippen MR) is 90.4 cm³/mol. The summed E-state index contributed by atoms with van der Waals surface area (Å²) in [6.07, 6.45) is 3.27. The third-order valence-electron chi connectivity index (χ3n) is 5.27. The lowest BCUT2D eigenvalue weighted by Crippen LogP contribution is -2.51. The Morgan fingerprint density at radius 1 is 1.17 bits per heavy atom. The van der Waals surface area contributed by atoms with E-state index in [0.717, 1.165) is 24.8 Å². The highest BCUT2D eigenvalue weighted by molar-refractivity contribution is 6.30. The summed E-state index contributed by atoms with van der Waals surface area (Å²) in [5.74, 6) is 0.328. The van der Waals surface area contributed by atoms with E-state index in [1.807, 2.05) is 41.0 Å². The maximum Gasteiger partial charge on any atom is 0.233 e. The van der Waals surface area contributed by atoms with E-state index in [9.17, 15) is 9.59 Å². The minimum Gasteiger partial charge on any atom is -0.341 e. The standard InChI is InChI=1S/C18H23ClN2O2/c1-2-20-12-13-21(11-8-16(20)22)17(23)18(9-3-10-18)14-4-6-15(19)7-5-14/h4-7H,2-3,8-13H2,1H3. The van der Waals surface area contributed by atoms with Gasteiger partial charge in [0.1, 0.15) is 0 Å². The highest BCUT2D eigenvalue weighted by Crippen LogP contribution is 2.45. The van der Waals surface area contributed by atoms with Gasteiger partial charge in [-0.15, -0.1) is 0 Å². The van der Waals surface area contributed by atoms with E-state index in [1.54, 1.807) is 0 Å². The third-order valence-corrected chi connectivity index (χ3v) is 5.52. The van der Waals surface area contributed by atoms with Gasteiger partial charge >= 0.3 is 0 Å². The predicted octanol–water partition coefficient (Wildman–Crippen LogP) is 2.84. The molecule has 0 bridgehead atoms. The van der Waals surface area contributed by atoms with Crippen molar-refractivity contribution in [3.8, 4) is 0 Å². The van der Waals surface area contributed by atoms with Crippen LogP contribution in [0.2, 0.25) is 5.02 Å². The Kier molecular flexibility index (Phi) is 4.62. The van der Waals surface area contributed by atoms with Gasteiger partial charge in [0.05, 0.1) is 5.41 Å². The molecule has 124 valence electrons. The number of carbonyl (C=O) groups excluding carboxylic acids is 2. The molecule has 0 radical (unpaired) electrons. The largest absolute Gasteiger partial charge is 0.341 e. The molecule has 1 aromatic rings. The second-order valence-electron chi connectivity index (χ2n) is 6.46. The van der Waals surface area contributed by atoms with Gasteiger partial charge in [-0.1, -0.05) is 30.2 Å². The summed E-state index contributed by atoms with van der Waals surface area (Å²) in [5.41, 5.74) is 0.649. The lowest BCUT2D eigenvalue weighted by Gasteiger charge is -2.43. The lowest BCUT2D eigenvalue weighted by atomic mass is 9.63. The van der Waals surface area contributed by atoms with Gasteiger partial charge in [-0.2, -0.15) is 0 Å². The highest BCUT2D eigenvalue weighted by atomic mass is 35.5. The molecule has 1 saturated heterocycles. The summed E-state index contributed by atoms with van der Waals surface area (Å²) < 4.78 is 0. The van der Waals surface area contributed by atoms with Crippen LogP contribution in [0.1, 0.15) is 38.2 Å². The maximum atomic E-state index is 13.2. The minimum atomic E-state index is -0.408. The smallest absolute Gasteiger partial charge is 0.233 e. The van der Waals surface area contributed by atoms with Crippen molar-refractivity contribution in [2.45, 2.75) is 38.0 Å². The van der Waals surface area contributed by atoms with Crippen LogP contribution in [0, 0.1) is 0 Å². The number of hydrogen-bond donors (Lipinski definition) is 0. The molecule has 2 aliphatic rings. The number of nitrogens with zero attached hydrogens (tertiary/aromatic N) is 2. The zero-order valence-electron chi connectivity index (χ0n) is 13.6. The summed E-state index contributed by atoms with van der Waals surface area (Å²) in [5, 5.41) is 0.689. The van der Waals surface area contributed by atoms with Gasteiger partial charge in [0.2, 0.25) is 11.8 Å². The topological polar surface area (TPSA) is 40.6 Å². The Hall–Kier alpha value is -1.55. The summed E-state index contributed by atoms with van der Waals surface area (Å²) in [7, 11) is 0. The third kappa shape index (κ3) is 2.97. The van der Waals surface area contributed by atoms with E-state index < -0.39 is 5.41 Å². The molecule has 4 nitrogen and oxygen atoms in total. The second-order valence-corrected chi connectivity index (χ2v) is 6.89. The van der Waals surface area contributed by atoms with Crippen molar-refractivity contribution >= 4 is 23.4 Å². The van der Waals surface area contributed by atoms with Crippen LogP contribution in [0.4, 0.5) is 0 Å². The molecule has 0 atom stereocenters. The molecule has 5 heteroatoms. The molecule has 0 N–H and O–H groups in total. The lowest BCUT2D eigenvalue weighted by molar-refractivity contribution is -0.140. The first-order valence-electron chi connectivity index (χ1n) is 8.40. The van der Waals surface area contributed by atoms with E-state index >= 15 is 0 Å². The Morgan fingerprint density at radius 2 is 1.87 bits per heavy atom. The molecule has 1 heterocycles. The van der Waals surface area contributed by atoms with Crippen molar-refractivity contribution < 1.29 is 9.59 Å². The molecule has 1 aliphatic carbocycles.